The SMILES string of the molecule is CCOP(=O)(CC(O)[C@@H](C[C@H](\C=C/C=C\C=C\CO[Si](c1ccccc1)(c1ccccc1)C(C)(C)C)O[Si](C)(C)C(C)(C)C)O[Si](CC)(CC)CC)OCC. The first-order valence-electron chi connectivity index (χ1n) is 20.5. The average molecular weight is 831 g/mol. The zero-order valence-electron chi connectivity index (χ0n) is 36.5. The van der Waals surface area contributed by atoms with Gasteiger partial charge in [0.2, 0.25) is 0 Å². The second kappa shape index (κ2) is 22.5. The van der Waals surface area contributed by atoms with Crippen molar-refractivity contribution in [3.8, 4) is 0 Å². The number of rotatable bonds is 24. The summed E-state index contributed by atoms with van der Waals surface area (Å²) in [6.45, 7) is 29.1. The zero-order valence-corrected chi connectivity index (χ0v) is 40.4. The molecular weight excluding hydrogens is 756 g/mol. The number of aliphatic hydroxyl groups excluding tert-OH is 1. The molecule has 0 fully saturated rings. The van der Waals surface area contributed by atoms with Crippen LogP contribution in [0.3, 0.4) is 0 Å². The number of aliphatic hydroxyl groups is 1. The van der Waals surface area contributed by atoms with Crippen molar-refractivity contribution >= 4 is 42.9 Å². The van der Waals surface area contributed by atoms with Crippen LogP contribution in [0.2, 0.25) is 41.3 Å². The van der Waals surface area contributed by atoms with Gasteiger partial charge in [-0.15, -0.1) is 0 Å². The summed E-state index contributed by atoms with van der Waals surface area (Å²) in [6, 6.07) is 24.2. The van der Waals surface area contributed by atoms with Crippen LogP contribution < -0.4 is 10.4 Å². The van der Waals surface area contributed by atoms with Crippen molar-refractivity contribution in [3.63, 3.8) is 0 Å². The number of hydrogen-bond donors (Lipinski definition) is 1. The molecule has 2 rings (SSSR count). The van der Waals surface area contributed by atoms with Gasteiger partial charge in [0.15, 0.2) is 16.6 Å². The third-order valence-corrected chi connectivity index (χ3v) is 27.5. The monoisotopic (exact) mass is 830 g/mol. The maximum atomic E-state index is 13.6. The van der Waals surface area contributed by atoms with E-state index in [1.165, 1.54) is 10.4 Å². The van der Waals surface area contributed by atoms with Crippen LogP contribution in [0, 0.1) is 0 Å². The molecule has 11 heteroatoms. The molecule has 0 saturated carbocycles. The van der Waals surface area contributed by atoms with Crippen LogP contribution in [-0.4, -0.2) is 74.4 Å². The molecular formula is C44H75O7PSi3. The van der Waals surface area contributed by atoms with Gasteiger partial charge in [0.1, 0.15) is 0 Å². The molecule has 7 nitrogen and oxygen atoms in total. The molecule has 0 spiro atoms. The van der Waals surface area contributed by atoms with E-state index in [9.17, 15) is 9.67 Å². The van der Waals surface area contributed by atoms with Gasteiger partial charge in [0.05, 0.1) is 44.3 Å². The summed E-state index contributed by atoms with van der Waals surface area (Å²) in [5.74, 6) is 0. The van der Waals surface area contributed by atoms with E-state index in [2.05, 4.69) is 148 Å². The molecule has 0 amide bonds. The normalized spacial score (nSPS) is 15.7. The van der Waals surface area contributed by atoms with Gasteiger partial charge in [-0.05, 0) is 65.5 Å². The molecule has 0 aliphatic heterocycles. The molecule has 310 valence electrons. The minimum absolute atomic E-state index is 0.0217. The molecule has 1 N–H and O–H groups in total. The Hall–Kier alpha value is -1.70. The summed E-state index contributed by atoms with van der Waals surface area (Å²) < 4.78 is 45.8. The van der Waals surface area contributed by atoms with Gasteiger partial charge < -0.3 is 27.4 Å². The first-order valence-corrected chi connectivity index (χ1v) is 29.5. The highest BCUT2D eigenvalue weighted by Gasteiger charge is 2.50. The van der Waals surface area contributed by atoms with Crippen molar-refractivity contribution in [2.75, 3.05) is 26.0 Å². The van der Waals surface area contributed by atoms with Crippen LogP contribution >= 0.6 is 7.60 Å². The fourth-order valence-electron chi connectivity index (χ4n) is 6.82. The van der Waals surface area contributed by atoms with Crippen molar-refractivity contribution in [1.29, 1.82) is 0 Å². The van der Waals surface area contributed by atoms with E-state index in [0.29, 0.717) is 13.0 Å². The fraction of sp³-hybridized carbons (Fsp3) is 0.591. The van der Waals surface area contributed by atoms with Gasteiger partial charge in [0, 0.05) is 6.42 Å². The molecule has 0 aromatic heterocycles. The Labute approximate surface area is 338 Å². The highest BCUT2D eigenvalue weighted by atomic mass is 31.2. The van der Waals surface area contributed by atoms with Crippen molar-refractivity contribution in [1.82, 2.24) is 0 Å². The predicted molar refractivity (Wildman–Crippen MR) is 241 cm³/mol. The average Bonchev–Trinajstić information content (AvgIpc) is 3.12. The second-order valence-corrected chi connectivity index (χ2v) is 32.8. The van der Waals surface area contributed by atoms with Gasteiger partial charge in [-0.25, -0.2) is 0 Å². The lowest BCUT2D eigenvalue weighted by molar-refractivity contribution is 0.0147. The maximum absolute atomic E-state index is 13.6. The number of benzene rings is 2. The van der Waals surface area contributed by atoms with Gasteiger partial charge in [-0.1, -0.05) is 159 Å². The van der Waals surface area contributed by atoms with Gasteiger partial charge >= 0.3 is 7.60 Å². The Morgan fingerprint density at radius 2 is 1.20 bits per heavy atom. The highest BCUT2D eigenvalue weighted by Crippen LogP contribution is 2.49. The lowest BCUT2D eigenvalue weighted by Crippen LogP contribution is -2.66. The first kappa shape index (κ1) is 49.4. The Bertz CT molecular complexity index is 1460. The minimum atomic E-state index is -3.52. The predicted octanol–water partition coefficient (Wildman–Crippen LogP) is 11.0. The van der Waals surface area contributed by atoms with E-state index in [-0.39, 0.29) is 35.6 Å². The van der Waals surface area contributed by atoms with Gasteiger partial charge in [-0.3, -0.25) is 4.57 Å². The van der Waals surface area contributed by atoms with Crippen LogP contribution in [-0.2, 0) is 26.9 Å². The lowest BCUT2D eigenvalue weighted by atomic mass is 10.1. The molecule has 0 bridgehead atoms. The zero-order chi connectivity index (χ0) is 41.4. The van der Waals surface area contributed by atoms with E-state index in [1.807, 2.05) is 24.3 Å². The molecule has 2 aromatic carbocycles. The summed E-state index contributed by atoms with van der Waals surface area (Å²) >= 11 is 0. The molecule has 0 radical (unpaired) electrons. The molecule has 0 heterocycles. The minimum Gasteiger partial charge on any atom is -0.411 e. The highest BCUT2D eigenvalue weighted by molar-refractivity contribution is 7.53. The molecule has 0 saturated heterocycles. The molecule has 2 aromatic rings. The van der Waals surface area contributed by atoms with Crippen LogP contribution in [0.25, 0.3) is 0 Å². The summed E-state index contributed by atoms with van der Waals surface area (Å²) in [5, 5.41) is 14.2. The first-order chi connectivity index (χ1) is 25.8. The third kappa shape index (κ3) is 14.3. The van der Waals surface area contributed by atoms with Gasteiger partial charge in [0.25, 0.3) is 8.32 Å². The summed E-state index contributed by atoms with van der Waals surface area (Å²) in [4.78, 5) is 0. The van der Waals surface area contributed by atoms with Gasteiger partial charge in [-0.2, -0.15) is 0 Å². The van der Waals surface area contributed by atoms with E-state index < -0.39 is 44.8 Å². The van der Waals surface area contributed by atoms with Crippen molar-refractivity contribution in [2.24, 2.45) is 0 Å². The fourth-order valence-corrected chi connectivity index (χ4v) is 17.3. The largest absolute Gasteiger partial charge is 0.411 e. The second-order valence-electron chi connectivity index (χ2n) is 16.9. The quantitative estimate of drug-likeness (QED) is 0.0641. The van der Waals surface area contributed by atoms with Crippen LogP contribution in [0.5, 0.6) is 0 Å². The Morgan fingerprint density at radius 1 is 0.709 bits per heavy atom. The van der Waals surface area contributed by atoms with E-state index in [4.69, 9.17) is 22.3 Å². The van der Waals surface area contributed by atoms with Crippen LogP contribution in [0.4, 0.5) is 0 Å². The molecule has 0 aliphatic rings. The van der Waals surface area contributed by atoms with Crippen molar-refractivity contribution in [2.45, 2.75) is 142 Å². The maximum Gasteiger partial charge on any atom is 0.333 e. The number of allylic oxidation sites excluding steroid dienone is 4. The summed E-state index contributed by atoms with van der Waals surface area (Å²) in [6.07, 6.45) is 10.5. The number of hydrogen-bond acceptors (Lipinski definition) is 7. The van der Waals surface area contributed by atoms with Crippen LogP contribution in [0.15, 0.2) is 97.1 Å². The van der Waals surface area contributed by atoms with Crippen molar-refractivity contribution in [3.05, 3.63) is 97.1 Å². The standard InChI is InChI=1S/C44H75O7PSi3/c1-14-47-52(46,48-15-2)37-41(45)42(51-54(16-3,17-4)18-5)36-38(50-53(12,13)43(6,7)8)30-24-20-19-21-29-35-49-55(44(9,10)11,39-31-25-22-26-32-39)40-33-27-23-28-34-40/h19-34,38,41-42,45H,14-18,35-37H2,1-13H3/b20-19-,29-21+,30-24-/t38-,41?,42+/m0/s1. The van der Waals surface area contributed by atoms with Crippen LogP contribution in [0.1, 0.15) is 82.6 Å². The summed E-state index contributed by atoms with van der Waals surface area (Å²) in [7, 11) is -10.5. The Balaban J connectivity index is 2.40. The third-order valence-electron chi connectivity index (χ3n) is 11.2. The molecule has 1 unspecified atom stereocenters. The molecule has 3 atom stereocenters. The van der Waals surface area contributed by atoms with E-state index in [1.54, 1.807) is 13.8 Å². The molecule has 55 heavy (non-hydrogen) atoms. The topological polar surface area (TPSA) is 83.5 Å². The Kier molecular flexibility index (Phi) is 20.2. The van der Waals surface area contributed by atoms with E-state index in [0.717, 1.165) is 18.1 Å². The molecule has 0 aliphatic carbocycles. The Morgan fingerprint density at radius 3 is 1.64 bits per heavy atom. The van der Waals surface area contributed by atoms with E-state index >= 15 is 0 Å². The lowest BCUT2D eigenvalue weighted by Gasteiger charge is -2.42. The smallest absolute Gasteiger partial charge is 0.333 e. The summed E-state index contributed by atoms with van der Waals surface area (Å²) in [5.41, 5.74) is 0. The van der Waals surface area contributed by atoms with Crippen molar-refractivity contribution < 1.29 is 32.0 Å².